The second kappa shape index (κ2) is 3.72. The monoisotopic (exact) mass is 159 g/mol. The van der Waals surface area contributed by atoms with Gasteiger partial charge >= 0.3 is 5.97 Å². The molecule has 1 atom stereocenters. The minimum absolute atomic E-state index is 0.222. The van der Waals surface area contributed by atoms with Crippen LogP contribution in [0.3, 0.4) is 0 Å². The maximum absolute atomic E-state index is 11.1. The average Bonchev–Trinajstić information content (AvgIpc) is 1.85. The van der Waals surface area contributed by atoms with Gasteiger partial charge in [0.15, 0.2) is 0 Å². The minimum atomic E-state index is -0.494. The van der Waals surface area contributed by atoms with E-state index in [0.717, 1.165) is 0 Å². The highest BCUT2D eigenvalue weighted by molar-refractivity contribution is 5.73. The molecule has 3 nitrogen and oxygen atoms in total. The first-order valence-electron chi connectivity index (χ1n) is 3.85. The van der Waals surface area contributed by atoms with Crippen LogP contribution in [-0.4, -0.2) is 18.1 Å². The summed E-state index contributed by atoms with van der Waals surface area (Å²) in [7, 11) is 0. The minimum Gasteiger partial charge on any atom is -0.466 e. The summed E-state index contributed by atoms with van der Waals surface area (Å²) in [6.07, 6.45) is 0. The van der Waals surface area contributed by atoms with Crippen LogP contribution in [-0.2, 0) is 9.53 Å². The van der Waals surface area contributed by atoms with Crippen molar-refractivity contribution in [2.75, 3.05) is 6.61 Å². The quantitative estimate of drug-likeness (QED) is 0.623. The van der Waals surface area contributed by atoms with Crippen molar-refractivity contribution >= 4 is 5.97 Å². The molecule has 0 amide bonds. The first-order chi connectivity index (χ1) is 4.89. The highest BCUT2D eigenvalue weighted by Gasteiger charge is 2.28. The van der Waals surface area contributed by atoms with Crippen LogP contribution in [0.4, 0.5) is 0 Å². The fourth-order valence-corrected chi connectivity index (χ4v) is 0.571. The number of ether oxygens (including phenoxy) is 1. The van der Waals surface area contributed by atoms with Gasteiger partial charge in [0.25, 0.3) is 0 Å². The zero-order chi connectivity index (χ0) is 9.07. The van der Waals surface area contributed by atoms with Gasteiger partial charge in [-0.05, 0) is 20.8 Å². The molecule has 0 rings (SSSR count). The summed E-state index contributed by atoms with van der Waals surface area (Å²) in [4.78, 5) is 11.1. The van der Waals surface area contributed by atoms with Crippen molar-refractivity contribution in [3.8, 4) is 0 Å². The smallest absolute Gasteiger partial charge is 0.310 e. The van der Waals surface area contributed by atoms with Crippen molar-refractivity contribution in [1.29, 1.82) is 0 Å². The summed E-state index contributed by atoms with van der Waals surface area (Å²) < 4.78 is 4.81. The lowest BCUT2D eigenvalue weighted by atomic mass is 9.90. The van der Waals surface area contributed by atoms with Gasteiger partial charge in [0.2, 0.25) is 0 Å². The van der Waals surface area contributed by atoms with Gasteiger partial charge in [-0.1, -0.05) is 6.92 Å². The standard InChI is InChI=1S/C8H17NO2/c1-5-11-7(10)6(2)8(3,4)9/h6H,5,9H2,1-4H3. The Morgan fingerprint density at radius 3 is 2.36 bits per heavy atom. The third-order valence-corrected chi connectivity index (χ3v) is 1.76. The van der Waals surface area contributed by atoms with Crippen molar-refractivity contribution < 1.29 is 9.53 Å². The molecule has 0 saturated carbocycles. The SMILES string of the molecule is CCOC(=O)C(C)C(C)(C)N. The molecule has 0 aliphatic heterocycles. The summed E-state index contributed by atoms with van der Waals surface area (Å²) in [5.41, 5.74) is 5.22. The summed E-state index contributed by atoms with van der Waals surface area (Å²) in [6.45, 7) is 7.61. The molecule has 0 aliphatic carbocycles. The molecule has 2 N–H and O–H groups in total. The molecule has 0 fully saturated rings. The lowest BCUT2D eigenvalue weighted by Gasteiger charge is -2.24. The van der Waals surface area contributed by atoms with E-state index in [1.807, 2.05) is 13.8 Å². The van der Waals surface area contributed by atoms with Crippen LogP contribution in [0.1, 0.15) is 27.7 Å². The van der Waals surface area contributed by atoms with Crippen LogP contribution in [0.5, 0.6) is 0 Å². The third-order valence-electron chi connectivity index (χ3n) is 1.76. The highest BCUT2D eigenvalue weighted by atomic mass is 16.5. The Balaban J connectivity index is 4.03. The molecule has 0 bridgehead atoms. The molecule has 0 aliphatic rings. The summed E-state index contributed by atoms with van der Waals surface area (Å²) in [5.74, 6) is -0.470. The maximum Gasteiger partial charge on any atom is 0.310 e. The van der Waals surface area contributed by atoms with Gasteiger partial charge in [-0.15, -0.1) is 0 Å². The number of hydrogen-bond acceptors (Lipinski definition) is 3. The fourth-order valence-electron chi connectivity index (χ4n) is 0.571. The van der Waals surface area contributed by atoms with Gasteiger partial charge in [-0.25, -0.2) is 0 Å². The highest BCUT2D eigenvalue weighted by Crippen LogP contribution is 2.13. The predicted octanol–water partition coefficient (Wildman–Crippen LogP) is 0.923. The van der Waals surface area contributed by atoms with Crippen LogP contribution < -0.4 is 5.73 Å². The van der Waals surface area contributed by atoms with Crippen LogP contribution >= 0.6 is 0 Å². The zero-order valence-corrected chi connectivity index (χ0v) is 7.68. The second-order valence-electron chi connectivity index (χ2n) is 3.30. The van der Waals surface area contributed by atoms with E-state index in [0.29, 0.717) is 6.61 Å². The molecule has 0 spiro atoms. The van der Waals surface area contributed by atoms with E-state index < -0.39 is 5.54 Å². The Morgan fingerprint density at radius 1 is 1.64 bits per heavy atom. The molecule has 66 valence electrons. The van der Waals surface area contributed by atoms with Crippen LogP contribution in [0, 0.1) is 5.92 Å². The normalized spacial score (nSPS) is 14.3. The first kappa shape index (κ1) is 10.4. The summed E-state index contributed by atoms with van der Waals surface area (Å²) in [5, 5.41) is 0. The molecular weight excluding hydrogens is 142 g/mol. The van der Waals surface area contributed by atoms with Gasteiger partial charge in [-0.2, -0.15) is 0 Å². The molecule has 0 radical (unpaired) electrons. The van der Waals surface area contributed by atoms with E-state index in [-0.39, 0.29) is 11.9 Å². The first-order valence-corrected chi connectivity index (χ1v) is 3.85. The number of carbonyl (C=O) groups excluding carboxylic acids is 1. The molecule has 0 saturated heterocycles. The molecule has 11 heavy (non-hydrogen) atoms. The van der Waals surface area contributed by atoms with Crippen LogP contribution in [0.2, 0.25) is 0 Å². The van der Waals surface area contributed by atoms with E-state index in [1.54, 1.807) is 13.8 Å². The van der Waals surface area contributed by atoms with Crippen LogP contribution in [0.25, 0.3) is 0 Å². The number of carbonyl (C=O) groups is 1. The molecule has 1 unspecified atom stereocenters. The van der Waals surface area contributed by atoms with Crippen LogP contribution in [0.15, 0.2) is 0 Å². The van der Waals surface area contributed by atoms with Gasteiger partial charge in [0.1, 0.15) is 0 Å². The number of esters is 1. The number of nitrogens with two attached hydrogens (primary N) is 1. The molecule has 0 aromatic rings. The van der Waals surface area contributed by atoms with E-state index in [9.17, 15) is 4.79 Å². The lowest BCUT2D eigenvalue weighted by molar-refractivity contribution is -0.149. The Bertz CT molecular complexity index is 138. The Hall–Kier alpha value is -0.570. The van der Waals surface area contributed by atoms with E-state index >= 15 is 0 Å². The summed E-state index contributed by atoms with van der Waals surface area (Å²) >= 11 is 0. The van der Waals surface area contributed by atoms with Gasteiger partial charge in [0, 0.05) is 5.54 Å². The topological polar surface area (TPSA) is 52.3 Å². The summed E-state index contributed by atoms with van der Waals surface area (Å²) in [6, 6.07) is 0. The van der Waals surface area contributed by atoms with Crippen molar-refractivity contribution in [3.05, 3.63) is 0 Å². The third kappa shape index (κ3) is 3.37. The lowest BCUT2D eigenvalue weighted by Crippen LogP contribution is -2.44. The average molecular weight is 159 g/mol. The number of hydrogen-bond donors (Lipinski definition) is 1. The van der Waals surface area contributed by atoms with E-state index in [1.165, 1.54) is 0 Å². The molecule has 3 heteroatoms. The van der Waals surface area contributed by atoms with E-state index in [4.69, 9.17) is 10.5 Å². The Morgan fingerprint density at radius 2 is 2.09 bits per heavy atom. The van der Waals surface area contributed by atoms with Crippen molar-refractivity contribution in [2.45, 2.75) is 33.2 Å². The fraction of sp³-hybridized carbons (Fsp3) is 0.875. The zero-order valence-electron chi connectivity index (χ0n) is 7.68. The predicted molar refractivity (Wildman–Crippen MR) is 44.1 cm³/mol. The van der Waals surface area contributed by atoms with E-state index in [2.05, 4.69) is 0 Å². The van der Waals surface area contributed by atoms with Gasteiger partial charge in [-0.3, -0.25) is 4.79 Å². The maximum atomic E-state index is 11.1. The molecular formula is C8H17NO2. The molecule has 0 heterocycles. The van der Waals surface area contributed by atoms with Crippen molar-refractivity contribution in [1.82, 2.24) is 0 Å². The second-order valence-corrected chi connectivity index (χ2v) is 3.30. The Kier molecular flexibility index (Phi) is 3.52. The molecule has 0 aromatic carbocycles. The van der Waals surface area contributed by atoms with Crippen molar-refractivity contribution in [2.24, 2.45) is 11.7 Å². The Labute approximate surface area is 67.9 Å². The number of rotatable bonds is 3. The largest absolute Gasteiger partial charge is 0.466 e. The van der Waals surface area contributed by atoms with Gasteiger partial charge in [0.05, 0.1) is 12.5 Å². The van der Waals surface area contributed by atoms with Gasteiger partial charge < -0.3 is 10.5 Å². The van der Waals surface area contributed by atoms with Crippen molar-refractivity contribution in [3.63, 3.8) is 0 Å². The molecule has 0 aromatic heterocycles.